The highest BCUT2D eigenvalue weighted by molar-refractivity contribution is 5.95. The summed E-state index contributed by atoms with van der Waals surface area (Å²) in [5.41, 5.74) is 5.82. The van der Waals surface area contributed by atoms with E-state index >= 15 is 0 Å². The summed E-state index contributed by atoms with van der Waals surface area (Å²) in [4.78, 5) is 13.0. The number of carboxylic acids is 1. The normalized spacial score (nSPS) is 19.5. The smallest absolute Gasteiger partial charge is 0.337 e. The molecule has 104 valence electrons. The van der Waals surface area contributed by atoms with Crippen LogP contribution in [0.2, 0.25) is 0 Å². The average molecular weight is 266 g/mol. The van der Waals surface area contributed by atoms with Gasteiger partial charge in [0.1, 0.15) is 5.82 Å². The van der Waals surface area contributed by atoms with Gasteiger partial charge in [0.05, 0.1) is 11.3 Å². The van der Waals surface area contributed by atoms with Gasteiger partial charge in [-0.25, -0.2) is 9.18 Å². The van der Waals surface area contributed by atoms with E-state index in [-0.39, 0.29) is 11.3 Å². The molecule has 1 aromatic carbocycles. The molecule has 0 amide bonds. The molecule has 5 heteroatoms. The summed E-state index contributed by atoms with van der Waals surface area (Å²) in [6, 6.07) is 2.46. The first kappa shape index (κ1) is 13.6. The van der Waals surface area contributed by atoms with E-state index in [1.54, 1.807) is 0 Å². The summed E-state index contributed by atoms with van der Waals surface area (Å²) < 4.78 is 14.0. The maximum atomic E-state index is 14.0. The number of anilines is 2. The third-order valence-electron chi connectivity index (χ3n) is 3.79. The number of rotatable bonds is 3. The molecule has 0 bridgehead atoms. The van der Waals surface area contributed by atoms with Crippen molar-refractivity contribution in [2.75, 3.05) is 23.7 Å². The SMILES string of the molecule is CCC1CCCN(c2cc(C(=O)O)c(N)cc2F)C1. The lowest BCUT2D eigenvalue weighted by molar-refractivity contribution is 0.0698. The van der Waals surface area contributed by atoms with Crippen molar-refractivity contribution in [2.24, 2.45) is 5.92 Å². The predicted molar refractivity (Wildman–Crippen MR) is 73.0 cm³/mol. The number of hydrogen-bond acceptors (Lipinski definition) is 3. The maximum Gasteiger partial charge on any atom is 0.337 e. The zero-order valence-corrected chi connectivity index (χ0v) is 11.0. The Morgan fingerprint density at radius 3 is 2.95 bits per heavy atom. The van der Waals surface area contributed by atoms with Crippen molar-refractivity contribution in [3.8, 4) is 0 Å². The largest absolute Gasteiger partial charge is 0.478 e. The van der Waals surface area contributed by atoms with Crippen molar-refractivity contribution in [1.29, 1.82) is 0 Å². The number of nitrogens with zero attached hydrogens (tertiary/aromatic N) is 1. The van der Waals surface area contributed by atoms with Gasteiger partial charge in [0.2, 0.25) is 0 Å². The number of benzene rings is 1. The van der Waals surface area contributed by atoms with Gasteiger partial charge in [0.15, 0.2) is 0 Å². The van der Waals surface area contributed by atoms with Crippen molar-refractivity contribution >= 4 is 17.3 Å². The quantitative estimate of drug-likeness (QED) is 0.825. The lowest BCUT2D eigenvalue weighted by Crippen LogP contribution is -2.35. The lowest BCUT2D eigenvalue weighted by Gasteiger charge is -2.34. The van der Waals surface area contributed by atoms with E-state index < -0.39 is 11.8 Å². The predicted octanol–water partition coefficient (Wildman–Crippen LogP) is 2.73. The number of carbonyl (C=O) groups is 1. The summed E-state index contributed by atoms with van der Waals surface area (Å²) in [6.07, 6.45) is 3.21. The molecule has 0 saturated carbocycles. The van der Waals surface area contributed by atoms with E-state index in [1.807, 2.05) is 4.90 Å². The topological polar surface area (TPSA) is 66.6 Å². The van der Waals surface area contributed by atoms with E-state index in [0.29, 0.717) is 11.6 Å². The van der Waals surface area contributed by atoms with Gasteiger partial charge >= 0.3 is 5.97 Å². The minimum Gasteiger partial charge on any atom is -0.478 e. The molecule has 4 nitrogen and oxygen atoms in total. The van der Waals surface area contributed by atoms with Crippen molar-refractivity contribution in [1.82, 2.24) is 0 Å². The van der Waals surface area contributed by atoms with E-state index in [2.05, 4.69) is 6.92 Å². The van der Waals surface area contributed by atoms with Crippen molar-refractivity contribution in [3.63, 3.8) is 0 Å². The molecule has 0 aromatic heterocycles. The van der Waals surface area contributed by atoms with Crippen molar-refractivity contribution in [2.45, 2.75) is 26.2 Å². The fourth-order valence-corrected chi connectivity index (χ4v) is 2.62. The highest BCUT2D eigenvalue weighted by Gasteiger charge is 2.23. The van der Waals surface area contributed by atoms with Crippen LogP contribution >= 0.6 is 0 Å². The molecule has 1 fully saturated rings. The van der Waals surface area contributed by atoms with Crippen LogP contribution < -0.4 is 10.6 Å². The minimum atomic E-state index is -1.12. The molecule has 1 atom stereocenters. The Morgan fingerprint density at radius 1 is 1.58 bits per heavy atom. The van der Waals surface area contributed by atoms with Crippen LogP contribution in [0.4, 0.5) is 15.8 Å². The Bertz CT molecular complexity index is 491. The van der Waals surface area contributed by atoms with Crippen LogP contribution in [0.3, 0.4) is 0 Å². The second-order valence-electron chi connectivity index (χ2n) is 5.06. The van der Waals surface area contributed by atoms with Crippen LogP contribution in [0.25, 0.3) is 0 Å². The Labute approximate surface area is 112 Å². The summed E-state index contributed by atoms with van der Waals surface area (Å²) in [5, 5.41) is 9.06. The monoisotopic (exact) mass is 266 g/mol. The standard InChI is InChI=1S/C14H19FN2O2/c1-2-9-4-3-5-17(8-9)13-6-10(14(18)19)12(16)7-11(13)15/h6-7,9H,2-5,8,16H2,1H3,(H,18,19). The highest BCUT2D eigenvalue weighted by Crippen LogP contribution is 2.30. The summed E-state index contributed by atoms with van der Waals surface area (Å²) >= 11 is 0. The van der Waals surface area contributed by atoms with E-state index in [4.69, 9.17) is 10.8 Å². The molecular weight excluding hydrogens is 247 g/mol. The van der Waals surface area contributed by atoms with Gasteiger partial charge in [-0.15, -0.1) is 0 Å². The van der Waals surface area contributed by atoms with Crippen LogP contribution in [0.15, 0.2) is 12.1 Å². The summed E-state index contributed by atoms with van der Waals surface area (Å²) in [5.74, 6) is -1.03. The Balaban J connectivity index is 2.33. The fraction of sp³-hybridized carbons (Fsp3) is 0.500. The van der Waals surface area contributed by atoms with E-state index in [1.165, 1.54) is 6.07 Å². The first-order valence-corrected chi connectivity index (χ1v) is 6.60. The second kappa shape index (κ2) is 5.47. The zero-order chi connectivity index (χ0) is 14.0. The Hall–Kier alpha value is -1.78. The van der Waals surface area contributed by atoms with E-state index in [0.717, 1.165) is 38.4 Å². The summed E-state index contributed by atoms with van der Waals surface area (Å²) in [7, 11) is 0. The fourth-order valence-electron chi connectivity index (χ4n) is 2.62. The van der Waals surface area contributed by atoms with Crippen LogP contribution in [-0.4, -0.2) is 24.2 Å². The molecule has 2 rings (SSSR count). The molecule has 0 aliphatic carbocycles. The third kappa shape index (κ3) is 2.80. The number of hydrogen-bond donors (Lipinski definition) is 2. The van der Waals surface area contributed by atoms with E-state index in [9.17, 15) is 9.18 Å². The van der Waals surface area contributed by atoms with Crippen LogP contribution in [0.5, 0.6) is 0 Å². The molecule has 0 spiro atoms. The van der Waals surface area contributed by atoms with Gasteiger partial charge < -0.3 is 15.7 Å². The molecule has 1 aliphatic rings. The number of nitrogen functional groups attached to an aromatic ring is 1. The van der Waals surface area contributed by atoms with Gasteiger partial charge in [-0.05, 0) is 30.9 Å². The molecule has 1 unspecified atom stereocenters. The van der Waals surface area contributed by atoms with Gasteiger partial charge in [-0.1, -0.05) is 13.3 Å². The number of aromatic carboxylic acids is 1. The number of nitrogens with two attached hydrogens (primary N) is 1. The summed E-state index contributed by atoms with van der Waals surface area (Å²) in [6.45, 7) is 3.66. The number of halogens is 1. The van der Waals surface area contributed by atoms with Gasteiger partial charge in [0, 0.05) is 18.8 Å². The van der Waals surface area contributed by atoms with Gasteiger partial charge in [-0.3, -0.25) is 0 Å². The molecule has 1 heterocycles. The number of piperidine rings is 1. The lowest BCUT2D eigenvalue weighted by atomic mass is 9.95. The second-order valence-corrected chi connectivity index (χ2v) is 5.06. The Kier molecular flexibility index (Phi) is 3.93. The van der Waals surface area contributed by atoms with Crippen LogP contribution in [0, 0.1) is 11.7 Å². The van der Waals surface area contributed by atoms with Crippen molar-refractivity contribution < 1.29 is 14.3 Å². The zero-order valence-electron chi connectivity index (χ0n) is 11.0. The molecule has 1 aromatic rings. The van der Waals surface area contributed by atoms with Gasteiger partial charge in [-0.2, -0.15) is 0 Å². The molecule has 1 saturated heterocycles. The first-order valence-electron chi connectivity index (χ1n) is 6.60. The van der Waals surface area contributed by atoms with Crippen LogP contribution in [-0.2, 0) is 0 Å². The average Bonchev–Trinajstić information content (AvgIpc) is 2.38. The van der Waals surface area contributed by atoms with Crippen molar-refractivity contribution in [3.05, 3.63) is 23.5 Å². The first-order chi connectivity index (χ1) is 9.02. The maximum absolute atomic E-state index is 14.0. The third-order valence-corrected chi connectivity index (χ3v) is 3.79. The highest BCUT2D eigenvalue weighted by atomic mass is 19.1. The van der Waals surface area contributed by atoms with Gasteiger partial charge in [0.25, 0.3) is 0 Å². The molecule has 0 radical (unpaired) electrons. The molecular formula is C14H19FN2O2. The molecule has 1 aliphatic heterocycles. The number of carboxylic acid groups (broad SMARTS) is 1. The minimum absolute atomic E-state index is 0.0298. The Morgan fingerprint density at radius 2 is 2.32 bits per heavy atom. The molecule has 3 N–H and O–H groups in total. The molecule has 19 heavy (non-hydrogen) atoms. The van der Waals surface area contributed by atoms with Crippen LogP contribution in [0.1, 0.15) is 36.5 Å².